The van der Waals surface area contributed by atoms with Crippen LogP contribution in [0.4, 0.5) is 0 Å². The summed E-state index contributed by atoms with van der Waals surface area (Å²) in [7, 11) is 0. The Bertz CT molecular complexity index is 81.7. The lowest BCUT2D eigenvalue weighted by Gasteiger charge is -1.59. The van der Waals surface area contributed by atoms with Crippen LogP contribution in [0.5, 0.6) is 0 Å². The lowest BCUT2D eigenvalue weighted by molar-refractivity contribution is -0.134. The first-order valence-corrected chi connectivity index (χ1v) is 3.05. The third kappa shape index (κ3) is 1450. The summed E-state index contributed by atoms with van der Waals surface area (Å²) in [6.45, 7) is 7.34. The average molecular weight is 185 g/mol. The van der Waals surface area contributed by atoms with E-state index in [0.29, 0.717) is 0 Å². The van der Waals surface area contributed by atoms with Gasteiger partial charge >= 0.3 is 0 Å². The molecule has 0 aliphatic heterocycles. The molecule has 0 rings (SSSR count). The molecule has 0 aliphatic rings. The fourth-order valence-corrected chi connectivity index (χ4v) is 0. The summed E-state index contributed by atoms with van der Waals surface area (Å²) in [5.41, 5.74) is 2.44. The standard InChI is InChI=1S/2C2H3Cl.C2H4O2/c2*1-2-3;1-2(3)4/h2*2H,1H2;1H3,(H,3,4). The number of hydrogen-bond donors (Lipinski definition) is 1. The van der Waals surface area contributed by atoms with Crippen LogP contribution in [0.2, 0.25) is 0 Å². The molecule has 1 N–H and O–H groups in total. The lowest BCUT2D eigenvalue weighted by atomic mass is 10.9. The van der Waals surface area contributed by atoms with Crippen LogP contribution in [0.25, 0.3) is 0 Å². The lowest BCUT2D eigenvalue weighted by Crippen LogP contribution is -1.78. The molecule has 0 saturated heterocycles. The fourth-order valence-electron chi connectivity index (χ4n) is 0. The van der Waals surface area contributed by atoms with Crippen molar-refractivity contribution in [1.29, 1.82) is 0 Å². The third-order valence-electron chi connectivity index (χ3n) is 0. The first kappa shape index (κ1) is 16.3. The molecule has 0 unspecified atom stereocenters. The zero-order valence-electron chi connectivity index (χ0n) is 5.68. The maximum atomic E-state index is 9.00. The van der Waals surface area contributed by atoms with Gasteiger partial charge in [0.05, 0.1) is 0 Å². The molecule has 4 heteroatoms. The summed E-state index contributed by atoms with van der Waals surface area (Å²) in [5, 5.41) is 7.42. The van der Waals surface area contributed by atoms with E-state index in [2.05, 4.69) is 13.2 Å². The molecule has 0 aromatic rings. The van der Waals surface area contributed by atoms with Gasteiger partial charge in [0.15, 0.2) is 0 Å². The molecule has 0 bridgehead atoms. The van der Waals surface area contributed by atoms with Crippen LogP contribution in [-0.4, -0.2) is 11.1 Å². The molecule has 0 atom stereocenters. The average Bonchev–Trinajstić information content (AvgIpc) is 1.65. The van der Waals surface area contributed by atoms with Crippen LogP contribution in [-0.2, 0) is 4.79 Å². The maximum absolute atomic E-state index is 9.00. The molecule has 10 heavy (non-hydrogen) atoms. The summed E-state index contributed by atoms with van der Waals surface area (Å²) < 4.78 is 0. The Hall–Kier alpha value is -0.470. The second-order valence-electron chi connectivity index (χ2n) is 0.828. The summed E-state index contributed by atoms with van der Waals surface area (Å²) in [6, 6.07) is 0. The highest BCUT2D eigenvalue weighted by atomic mass is 35.5. The van der Waals surface area contributed by atoms with E-state index in [9.17, 15) is 0 Å². The molecule has 0 aliphatic carbocycles. The van der Waals surface area contributed by atoms with E-state index in [0.717, 1.165) is 6.92 Å². The number of aliphatic carboxylic acids is 1. The van der Waals surface area contributed by atoms with Gasteiger partial charge in [-0.2, -0.15) is 0 Å². The van der Waals surface area contributed by atoms with Gasteiger partial charge in [0.2, 0.25) is 0 Å². The van der Waals surface area contributed by atoms with Gasteiger partial charge < -0.3 is 5.11 Å². The smallest absolute Gasteiger partial charge is 0.300 e. The van der Waals surface area contributed by atoms with Gasteiger partial charge in [0, 0.05) is 6.92 Å². The summed E-state index contributed by atoms with van der Waals surface area (Å²) in [4.78, 5) is 9.00. The molecule has 0 radical (unpaired) electrons. The fraction of sp³-hybridized carbons (Fsp3) is 0.167. The zero-order chi connectivity index (χ0) is 8.99. The quantitative estimate of drug-likeness (QED) is 0.629. The molecule has 0 aromatic carbocycles. The van der Waals surface area contributed by atoms with Crippen molar-refractivity contribution >= 4 is 29.2 Å². The summed E-state index contributed by atoms with van der Waals surface area (Å²) in [6.07, 6.45) is 0. The predicted octanol–water partition coefficient (Wildman–Crippen LogP) is 2.83. The van der Waals surface area contributed by atoms with Gasteiger partial charge in [-0.05, 0) is 11.1 Å². The van der Waals surface area contributed by atoms with Crippen LogP contribution in [0.3, 0.4) is 0 Å². The van der Waals surface area contributed by atoms with Crippen LogP contribution < -0.4 is 0 Å². The highest BCUT2D eigenvalue weighted by Crippen LogP contribution is 1.60. The minimum Gasteiger partial charge on any atom is -0.481 e. The number of carboxylic acid groups (broad SMARTS) is 1. The molecular formula is C6H10Cl2O2. The molecule has 0 aromatic heterocycles. The van der Waals surface area contributed by atoms with Gasteiger partial charge in [-0.15, -0.1) is 0 Å². The van der Waals surface area contributed by atoms with Crippen LogP contribution in [0.15, 0.2) is 24.2 Å². The van der Waals surface area contributed by atoms with Crippen molar-refractivity contribution in [2.24, 2.45) is 0 Å². The Morgan fingerprint density at radius 1 is 1.40 bits per heavy atom. The minimum absolute atomic E-state index is 0.833. The van der Waals surface area contributed by atoms with Crippen molar-refractivity contribution in [1.82, 2.24) is 0 Å². The Kier molecular flexibility index (Phi) is 38.3. The first-order valence-electron chi connectivity index (χ1n) is 2.18. The highest BCUT2D eigenvalue weighted by Gasteiger charge is 1.65. The topological polar surface area (TPSA) is 37.3 Å². The SMILES string of the molecule is C=CCl.C=CCl.CC(=O)O. The van der Waals surface area contributed by atoms with Crippen molar-refractivity contribution in [2.45, 2.75) is 6.92 Å². The van der Waals surface area contributed by atoms with E-state index in [-0.39, 0.29) is 0 Å². The second-order valence-corrected chi connectivity index (χ2v) is 1.44. The molecule has 0 saturated carbocycles. The molecular weight excluding hydrogens is 175 g/mol. The van der Waals surface area contributed by atoms with Crippen LogP contribution in [0, 0.1) is 0 Å². The van der Waals surface area contributed by atoms with E-state index >= 15 is 0 Å². The van der Waals surface area contributed by atoms with Crippen molar-refractivity contribution in [3.63, 3.8) is 0 Å². The minimum atomic E-state index is -0.833. The second kappa shape index (κ2) is 23.6. The monoisotopic (exact) mass is 184 g/mol. The molecule has 0 spiro atoms. The zero-order valence-corrected chi connectivity index (χ0v) is 7.19. The molecule has 0 heterocycles. The number of carbonyl (C=O) groups is 1. The van der Waals surface area contributed by atoms with Crippen molar-refractivity contribution in [3.05, 3.63) is 24.2 Å². The number of rotatable bonds is 0. The molecule has 0 fully saturated rings. The van der Waals surface area contributed by atoms with E-state index < -0.39 is 5.97 Å². The van der Waals surface area contributed by atoms with Crippen molar-refractivity contribution in [2.75, 3.05) is 0 Å². The van der Waals surface area contributed by atoms with E-state index in [1.54, 1.807) is 0 Å². The van der Waals surface area contributed by atoms with Gasteiger partial charge in [-0.25, -0.2) is 0 Å². The normalized spacial score (nSPS) is 5.10. The Morgan fingerprint density at radius 3 is 1.40 bits per heavy atom. The maximum Gasteiger partial charge on any atom is 0.300 e. The Balaban J connectivity index is -0.0000000750. The van der Waals surface area contributed by atoms with E-state index in [1.807, 2.05) is 0 Å². The molecule has 2 nitrogen and oxygen atoms in total. The number of hydrogen-bond acceptors (Lipinski definition) is 1. The highest BCUT2D eigenvalue weighted by molar-refractivity contribution is 6.25. The van der Waals surface area contributed by atoms with Crippen molar-refractivity contribution < 1.29 is 9.90 Å². The Labute approximate surface area is 70.8 Å². The largest absolute Gasteiger partial charge is 0.481 e. The number of halogens is 2. The van der Waals surface area contributed by atoms with Crippen molar-refractivity contribution in [3.8, 4) is 0 Å². The number of carboxylic acids is 1. The van der Waals surface area contributed by atoms with Gasteiger partial charge in [-0.3, -0.25) is 4.79 Å². The first-order chi connectivity index (χ1) is 4.56. The van der Waals surface area contributed by atoms with E-state index in [4.69, 9.17) is 33.1 Å². The van der Waals surface area contributed by atoms with Crippen LogP contribution in [0.1, 0.15) is 6.92 Å². The van der Waals surface area contributed by atoms with Gasteiger partial charge in [0.25, 0.3) is 5.97 Å². The Morgan fingerprint density at radius 2 is 1.40 bits per heavy atom. The van der Waals surface area contributed by atoms with E-state index in [1.165, 1.54) is 11.1 Å². The summed E-state index contributed by atoms with van der Waals surface area (Å²) >= 11 is 9.52. The molecule has 60 valence electrons. The predicted molar refractivity (Wildman–Crippen MR) is 45.4 cm³/mol. The van der Waals surface area contributed by atoms with Gasteiger partial charge in [-0.1, -0.05) is 36.4 Å². The van der Waals surface area contributed by atoms with Crippen LogP contribution >= 0.6 is 23.2 Å². The third-order valence-corrected chi connectivity index (χ3v) is 0. The summed E-state index contributed by atoms with van der Waals surface area (Å²) in [5.74, 6) is -0.833. The van der Waals surface area contributed by atoms with Gasteiger partial charge in [0.1, 0.15) is 0 Å². The molecule has 0 amide bonds.